The zero-order valence-corrected chi connectivity index (χ0v) is 12.4. The van der Waals surface area contributed by atoms with Crippen molar-refractivity contribution in [2.24, 2.45) is 5.73 Å². The van der Waals surface area contributed by atoms with E-state index in [-0.39, 0.29) is 0 Å². The molecule has 0 atom stereocenters. The minimum atomic E-state index is 0.579. The second kappa shape index (κ2) is 5.32. The summed E-state index contributed by atoms with van der Waals surface area (Å²) in [4.78, 5) is 0. The largest absolute Gasteiger partial charge is 0.343 e. The normalized spacial score (nSPS) is 11.3. The minimum absolute atomic E-state index is 0.579. The highest BCUT2D eigenvalue weighted by molar-refractivity contribution is 5.87. The van der Waals surface area contributed by atoms with Gasteiger partial charge in [-0.1, -0.05) is 54.6 Å². The fraction of sp³-hybridized carbons (Fsp3) is 0.100. The van der Waals surface area contributed by atoms with Gasteiger partial charge in [0.05, 0.1) is 0 Å². The summed E-state index contributed by atoms with van der Waals surface area (Å²) in [6.07, 6.45) is 2.16. The van der Waals surface area contributed by atoms with E-state index in [0.29, 0.717) is 6.54 Å². The van der Waals surface area contributed by atoms with Crippen LogP contribution in [0.25, 0.3) is 21.7 Å². The molecular formula is C20H18N2. The number of aromatic nitrogens is 1. The summed E-state index contributed by atoms with van der Waals surface area (Å²) in [7, 11) is 0. The topological polar surface area (TPSA) is 30.9 Å². The fourth-order valence-corrected chi connectivity index (χ4v) is 3.22. The molecule has 0 aliphatic carbocycles. The van der Waals surface area contributed by atoms with E-state index in [4.69, 9.17) is 5.73 Å². The molecule has 1 aromatic heterocycles. The van der Waals surface area contributed by atoms with E-state index in [9.17, 15) is 0 Å². The third kappa shape index (κ3) is 2.09. The van der Waals surface area contributed by atoms with Crippen molar-refractivity contribution in [1.82, 2.24) is 4.57 Å². The molecule has 0 bridgehead atoms. The molecule has 0 unspecified atom stereocenters. The van der Waals surface area contributed by atoms with Crippen molar-refractivity contribution >= 4 is 21.7 Å². The maximum absolute atomic E-state index is 5.84. The Bertz CT molecular complexity index is 945. The van der Waals surface area contributed by atoms with Crippen molar-refractivity contribution in [3.05, 3.63) is 84.1 Å². The average Bonchev–Trinajstić information content (AvgIpc) is 2.98. The monoisotopic (exact) mass is 286 g/mol. The molecule has 0 spiro atoms. The van der Waals surface area contributed by atoms with Gasteiger partial charge in [-0.2, -0.15) is 0 Å². The Morgan fingerprint density at radius 2 is 1.50 bits per heavy atom. The second-order valence-electron chi connectivity index (χ2n) is 5.64. The van der Waals surface area contributed by atoms with Crippen LogP contribution in [0, 0.1) is 0 Å². The zero-order valence-electron chi connectivity index (χ0n) is 12.4. The highest BCUT2D eigenvalue weighted by Crippen LogP contribution is 2.24. The van der Waals surface area contributed by atoms with Crippen LogP contribution in [-0.4, -0.2) is 4.57 Å². The Hall–Kier alpha value is -2.58. The molecule has 0 radical (unpaired) electrons. The van der Waals surface area contributed by atoms with Gasteiger partial charge in [-0.05, 0) is 34.0 Å². The number of hydrogen-bond acceptors (Lipinski definition) is 1. The Balaban J connectivity index is 1.83. The van der Waals surface area contributed by atoms with Gasteiger partial charge in [0.25, 0.3) is 0 Å². The van der Waals surface area contributed by atoms with Crippen LogP contribution in [0.4, 0.5) is 0 Å². The standard InChI is InChI=1S/C20H18N2/c21-13-16-7-4-10-20-19(16)11-12-22(20)14-17-8-3-6-15-5-1-2-9-18(15)17/h1-12H,13-14,21H2. The first-order chi connectivity index (χ1) is 10.9. The molecule has 108 valence electrons. The smallest absolute Gasteiger partial charge is 0.0486 e. The highest BCUT2D eigenvalue weighted by atomic mass is 14.9. The molecule has 4 aromatic rings. The lowest BCUT2D eigenvalue weighted by Gasteiger charge is -2.10. The fourth-order valence-electron chi connectivity index (χ4n) is 3.22. The van der Waals surface area contributed by atoms with E-state index in [1.807, 2.05) is 0 Å². The van der Waals surface area contributed by atoms with Crippen LogP contribution >= 0.6 is 0 Å². The maximum atomic E-state index is 5.84. The predicted octanol–water partition coefficient (Wildman–Crippen LogP) is 4.30. The van der Waals surface area contributed by atoms with Crippen molar-refractivity contribution in [1.29, 1.82) is 0 Å². The molecule has 22 heavy (non-hydrogen) atoms. The van der Waals surface area contributed by atoms with Crippen molar-refractivity contribution in [3.63, 3.8) is 0 Å². The van der Waals surface area contributed by atoms with Gasteiger partial charge >= 0.3 is 0 Å². The number of fused-ring (bicyclic) bond motifs is 2. The van der Waals surface area contributed by atoms with Gasteiger partial charge in [0.15, 0.2) is 0 Å². The second-order valence-corrected chi connectivity index (χ2v) is 5.64. The van der Waals surface area contributed by atoms with Crippen molar-refractivity contribution in [2.45, 2.75) is 13.1 Å². The van der Waals surface area contributed by atoms with Crippen molar-refractivity contribution < 1.29 is 0 Å². The van der Waals surface area contributed by atoms with Crippen LogP contribution in [0.1, 0.15) is 11.1 Å². The number of rotatable bonds is 3. The first kappa shape index (κ1) is 13.1. The van der Waals surface area contributed by atoms with Crippen LogP contribution < -0.4 is 5.73 Å². The summed E-state index contributed by atoms with van der Waals surface area (Å²) in [6.45, 7) is 1.45. The van der Waals surface area contributed by atoms with Crippen LogP contribution in [0.5, 0.6) is 0 Å². The van der Waals surface area contributed by atoms with Crippen LogP contribution in [0.3, 0.4) is 0 Å². The first-order valence-electron chi connectivity index (χ1n) is 7.60. The van der Waals surface area contributed by atoms with E-state index in [2.05, 4.69) is 77.5 Å². The van der Waals surface area contributed by atoms with E-state index in [1.54, 1.807) is 0 Å². The highest BCUT2D eigenvalue weighted by Gasteiger charge is 2.06. The SMILES string of the molecule is NCc1cccc2c1ccn2Cc1cccc2ccccc12. The summed E-state index contributed by atoms with van der Waals surface area (Å²) < 4.78 is 2.30. The van der Waals surface area contributed by atoms with E-state index < -0.39 is 0 Å². The lowest BCUT2D eigenvalue weighted by Crippen LogP contribution is -2.00. The predicted molar refractivity (Wildman–Crippen MR) is 92.9 cm³/mol. The molecule has 3 aromatic carbocycles. The molecule has 2 heteroatoms. The number of benzene rings is 3. The van der Waals surface area contributed by atoms with Gasteiger partial charge in [-0.3, -0.25) is 0 Å². The number of nitrogens with two attached hydrogens (primary N) is 1. The molecule has 4 rings (SSSR count). The summed E-state index contributed by atoms with van der Waals surface area (Å²) in [5, 5.41) is 3.87. The molecule has 2 N–H and O–H groups in total. The van der Waals surface area contributed by atoms with Gasteiger partial charge in [-0.25, -0.2) is 0 Å². The number of nitrogens with zero attached hydrogens (tertiary/aromatic N) is 1. The molecule has 0 aliphatic heterocycles. The molecule has 2 nitrogen and oxygen atoms in total. The molecule has 0 amide bonds. The molecular weight excluding hydrogens is 268 g/mol. The van der Waals surface area contributed by atoms with Gasteiger partial charge in [-0.15, -0.1) is 0 Å². The molecule has 0 fully saturated rings. The van der Waals surface area contributed by atoms with Crippen LogP contribution in [0.15, 0.2) is 72.9 Å². The Labute approximate surface area is 129 Å². The minimum Gasteiger partial charge on any atom is -0.343 e. The molecule has 0 aliphatic rings. The zero-order chi connectivity index (χ0) is 14.9. The Morgan fingerprint density at radius 1 is 0.727 bits per heavy atom. The summed E-state index contributed by atoms with van der Waals surface area (Å²) >= 11 is 0. The van der Waals surface area contributed by atoms with Crippen molar-refractivity contribution in [3.8, 4) is 0 Å². The number of hydrogen-bond donors (Lipinski definition) is 1. The lowest BCUT2D eigenvalue weighted by atomic mass is 10.0. The average molecular weight is 286 g/mol. The molecule has 0 saturated heterocycles. The van der Waals surface area contributed by atoms with E-state index >= 15 is 0 Å². The van der Waals surface area contributed by atoms with Crippen molar-refractivity contribution in [2.75, 3.05) is 0 Å². The maximum Gasteiger partial charge on any atom is 0.0486 e. The third-order valence-corrected chi connectivity index (χ3v) is 4.34. The summed E-state index contributed by atoms with van der Waals surface area (Å²) in [5.74, 6) is 0. The summed E-state index contributed by atoms with van der Waals surface area (Å²) in [5.41, 5.74) is 9.63. The van der Waals surface area contributed by atoms with Gasteiger partial charge in [0.2, 0.25) is 0 Å². The first-order valence-corrected chi connectivity index (χ1v) is 7.60. The van der Waals surface area contributed by atoms with Gasteiger partial charge in [0, 0.05) is 30.2 Å². The Morgan fingerprint density at radius 3 is 2.41 bits per heavy atom. The van der Waals surface area contributed by atoms with Crippen LogP contribution in [-0.2, 0) is 13.1 Å². The van der Waals surface area contributed by atoms with E-state index in [0.717, 1.165) is 6.54 Å². The lowest BCUT2D eigenvalue weighted by molar-refractivity contribution is 0.843. The van der Waals surface area contributed by atoms with Gasteiger partial charge in [0.1, 0.15) is 0 Å². The third-order valence-electron chi connectivity index (χ3n) is 4.34. The molecule has 0 saturated carbocycles. The molecule has 1 heterocycles. The van der Waals surface area contributed by atoms with Gasteiger partial charge < -0.3 is 10.3 Å². The Kier molecular flexibility index (Phi) is 3.17. The quantitative estimate of drug-likeness (QED) is 0.598. The van der Waals surface area contributed by atoms with Crippen LogP contribution in [0.2, 0.25) is 0 Å². The van der Waals surface area contributed by atoms with E-state index in [1.165, 1.54) is 32.8 Å². The summed E-state index contributed by atoms with van der Waals surface area (Å²) in [6, 6.07) is 23.6.